The second kappa shape index (κ2) is 7.98. The van der Waals surface area contributed by atoms with E-state index in [1.165, 1.54) is 24.3 Å². The van der Waals surface area contributed by atoms with E-state index in [1.54, 1.807) is 4.90 Å². The molecule has 5 nitrogen and oxygen atoms in total. The number of alkyl halides is 3. The lowest BCUT2D eigenvalue weighted by atomic mass is 9.97. The predicted molar refractivity (Wildman–Crippen MR) is 112 cm³/mol. The first kappa shape index (κ1) is 21.9. The molecule has 1 aliphatic heterocycles. The molecule has 1 aromatic carbocycles. The first-order valence-corrected chi connectivity index (χ1v) is 10.6. The van der Waals surface area contributed by atoms with Crippen LogP contribution in [0.2, 0.25) is 10.0 Å². The number of benzene rings is 1. The van der Waals surface area contributed by atoms with Crippen LogP contribution in [0.25, 0.3) is 16.9 Å². The summed E-state index contributed by atoms with van der Waals surface area (Å²) in [6, 6.07) is 6.63. The fraction of sp³-hybridized carbons (Fsp3) is 0.381. The predicted octanol–water partition coefficient (Wildman–Crippen LogP) is 6.13. The third-order valence-electron chi connectivity index (χ3n) is 5.58. The Morgan fingerprint density at radius 1 is 1.06 bits per heavy atom. The summed E-state index contributed by atoms with van der Waals surface area (Å²) in [5.41, 5.74) is -0.745. The van der Waals surface area contributed by atoms with Crippen molar-refractivity contribution >= 4 is 34.8 Å². The summed E-state index contributed by atoms with van der Waals surface area (Å²) >= 11 is 11.9. The largest absolute Gasteiger partial charge is 0.433 e. The van der Waals surface area contributed by atoms with E-state index in [2.05, 4.69) is 10.1 Å². The van der Waals surface area contributed by atoms with Crippen molar-refractivity contribution in [3.8, 4) is 11.3 Å². The molecule has 0 saturated carbocycles. The van der Waals surface area contributed by atoms with E-state index in [0.29, 0.717) is 10.1 Å². The summed E-state index contributed by atoms with van der Waals surface area (Å²) in [5.74, 6) is -0.394. The van der Waals surface area contributed by atoms with Crippen molar-refractivity contribution in [2.75, 3.05) is 0 Å². The number of hydrogen-bond acceptors (Lipinski definition) is 3. The summed E-state index contributed by atoms with van der Waals surface area (Å²) in [6.07, 6.45) is -2.01. The van der Waals surface area contributed by atoms with Crippen molar-refractivity contribution in [1.82, 2.24) is 19.5 Å². The fourth-order valence-electron chi connectivity index (χ4n) is 4.04. The quantitative estimate of drug-likeness (QED) is 0.452. The molecule has 1 saturated heterocycles. The van der Waals surface area contributed by atoms with Gasteiger partial charge in [0.15, 0.2) is 17.0 Å². The Morgan fingerprint density at radius 2 is 1.74 bits per heavy atom. The van der Waals surface area contributed by atoms with Gasteiger partial charge in [-0.1, -0.05) is 29.3 Å². The molecule has 10 heteroatoms. The number of amides is 1. The van der Waals surface area contributed by atoms with Gasteiger partial charge in [0.05, 0.1) is 15.7 Å². The molecule has 1 fully saturated rings. The number of fused-ring (bicyclic) bond motifs is 1. The zero-order valence-electron chi connectivity index (χ0n) is 16.7. The number of aromatic nitrogens is 3. The molecule has 2 aromatic heterocycles. The van der Waals surface area contributed by atoms with Crippen LogP contribution in [0.5, 0.6) is 0 Å². The van der Waals surface area contributed by atoms with Gasteiger partial charge in [-0.3, -0.25) is 4.79 Å². The van der Waals surface area contributed by atoms with Gasteiger partial charge in [0.1, 0.15) is 0 Å². The fourth-order valence-corrected chi connectivity index (χ4v) is 4.34. The van der Waals surface area contributed by atoms with Gasteiger partial charge in [0.25, 0.3) is 5.91 Å². The van der Waals surface area contributed by atoms with E-state index in [1.807, 2.05) is 13.8 Å². The zero-order chi connectivity index (χ0) is 22.5. The van der Waals surface area contributed by atoms with Gasteiger partial charge in [-0.2, -0.15) is 18.3 Å². The van der Waals surface area contributed by atoms with E-state index < -0.39 is 17.8 Å². The topological polar surface area (TPSA) is 50.5 Å². The van der Waals surface area contributed by atoms with Crippen molar-refractivity contribution in [2.45, 2.75) is 51.4 Å². The molecule has 0 aliphatic carbocycles. The Bertz CT molecular complexity index is 1150. The molecule has 31 heavy (non-hydrogen) atoms. The van der Waals surface area contributed by atoms with Crippen LogP contribution in [-0.4, -0.2) is 37.5 Å². The van der Waals surface area contributed by atoms with E-state index in [9.17, 15) is 18.0 Å². The molecule has 164 valence electrons. The van der Waals surface area contributed by atoms with Crippen molar-refractivity contribution in [2.24, 2.45) is 0 Å². The highest BCUT2D eigenvalue weighted by Crippen LogP contribution is 2.34. The first-order valence-electron chi connectivity index (χ1n) is 9.82. The standard InChI is InChI=1S/C21H19Cl2F3N4O/c1-11-4-3-5-12(2)29(11)20(31)17-10-19-27-16(13-6-7-14(22)15(23)8-13)9-18(21(24,25)26)30(19)28-17/h6-12H,3-5H2,1-2H3/t11-,12-/m1/s1. The lowest BCUT2D eigenvalue weighted by Gasteiger charge is -2.38. The molecule has 3 aromatic rings. The second-order valence-corrected chi connectivity index (χ2v) is 8.61. The molecular formula is C21H19Cl2F3N4O. The third-order valence-corrected chi connectivity index (χ3v) is 6.32. The van der Waals surface area contributed by atoms with Crippen molar-refractivity contribution < 1.29 is 18.0 Å². The normalized spacial score (nSPS) is 19.8. The third kappa shape index (κ3) is 4.11. The second-order valence-electron chi connectivity index (χ2n) is 7.79. The highest BCUT2D eigenvalue weighted by atomic mass is 35.5. The Balaban J connectivity index is 1.84. The van der Waals surface area contributed by atoms with E-state index in [-0.39, 0.29) is 39.2 Å². The van der Waals surface area contributed by atoms with Gasteiger partial charge >= 0.3 is 6.18 Å². The van der Waals surface area contributed by atoms with E-state index in [4.69, 9.17) is 23.2 Å². The summed E-state index contributed by atoms with van der Waals surface area (Å²) in [6.45, 7) is 3.87. The van der Waals surface area contributed by atoms with E-state index >= 15 is 0 Å². The van der Waals surface area contributed by atoms with Crippen LogP contribution in [-0.2, 0) is 6.18 Å². The molecule has 0 bridgehead atoms. The minimum atomic E-state index is -4.70. The Morgan fingerprint density at radius 3 is 2.35 bits per heavy atom. The number of hydrogen-bond donors (Lipinski definition) is 0. The molecule has 4 rings (SSSR count). The molecular weight excluding hydrogens is 452 g/mol. The number of nitrogens with zero attached hydrogens (tertiary/aromatic N) is 4. The van der Waals surface area contributed by atoms with Crippen LogP contribution >= 0.6 is 23.2 Å². The number of rotatable bonds is 2. The smallest absolute Gasteiger partial charge is 0.332 e. The molecule has 0 radical (unpaired) electrons. The molecule has 3 heterocycles. The van der Waals surface area contributed by atoms with Gasteiger partial charge in [-0.25, -0.2) is 9.50 Å². The Kier molecular flexibility index (Phi) is 5.64. The molecule has 1 aliphatic rings. The van der Waals surface area contributed by atoms with Crippen LogP contribution in [0.4, 0.5) is 13.2 Å². The summed E-state index contributed by atoms with van der Waals surface area (Å²) < 4.78 is 42.1. The maximum atomic E-state index is 13.8. The van der Waals surface area contributed by atoms with Crippen molar-refractivity contribution in [3.05, 3.63) is 51.8 Å². The lowest BCUT2D eigenvalue weighted by molar-refractivity contribution is -0.142. The van der Waals surface area contributed by atoms with Gasteiger partial charge in [0, 0.05) is 23.7 Å². The maximum absolute atomic E-state index is 13.8. The highest BCUT2D eigenvalue weighted by molar-refractivity contribution is 6.42. The number of carbonyl (C=O) groups is 1. The zero-order valence-corrected chi connectivity index (χ0v) is 18.3. The number of likely N-dealkylation sites (tertiary alicyclic amines) is 1. The number of carbonyl (C=O) groups excluding carboxylic acids is 1. The maximum Gasteiger partial charge on any atom is 0.433 e. The SMILES string of the molecule is C[C@@H]1CCC[C@@H](C)N1C(=O)c1cc2nc(-c3ccc(Cl)c(Cl)c3)cc(C(F)(F)F)n2n1. The highest BCUT2D eigenvalue weighted by Gasteiger charge is 2.37. The monoisotopic (exact) mass is 470 g/mol. The van der Waals surface area contributed by atoms with E-state index in [0.717, 1.165) is 25.3 Å². The van der Waals surface area contributed by atoms with Crippen LogP contribution in [0.3, 0.4) is 0 Å². The Hall–Kier alpha value is -2.32. The summed E-state index contributed by atoms with van der Waals surface area (Å²) in [5, 5.41) is 4.47. The average Bonchev–Trinajstić information content (AvgIpc) is 3.12. The molecule has 0 unspecified atom stereocenters. The van der Waals surface area contributed by atoms with Gasteiger partial charge in [-0.05, 0) is 51.3 Å². The van der Waals surface area contributed by atoms with Crippen LogP contribution in [0.15, 0.2) is 30.3 Å². The summed E-state index contributed by atoms with van der Waals surface area (Å²) in [4.78, 5) is 19.1. The van der Waals surface area contributed by atoms with Crippen LogP contribution in [0.1, 0.15) is 49.3 Å². The molecule has 0 N–H and O–H groups in total. The van der Waals surface area contributed by atoms with Crippen molar-refractivity contribution in [3.63, 3.8) is 0 Å². The minimum Gasteiger partial charge on any atom is -0.332 e. The van der Waals surface area contributed by atoms with Gasteiger partial charge in [-0.15, -0.1) is 0 Å². The number of halogens is 5. The molecule has 0 spiro atoms. The van der Waals surface area contributed by atoms with Gasteiger partial charge < -0.3 is 4.90 Å². The lowest BCUT2D eigenvalue weighted by Crippen LogP contribution is -2.47. The first-order chi connectivity index (χ1) is 14.6. The molecule has 2 atom stereocenters. The minimum absolute atomic E-state index is 0.0112. The van der Waals surface area contributed by atoms with Crippen LogP contribution in [0, 0.1) is 0 Å². The Labute approximate surface area is 186 Å². The summed E-state index contributed by atoms with van der Waals surface area (Å²) in [7, 11) is 0. The molecule has 1 amide bonds. The number of piperidine rings is 1. The average molecular weight is 471 g/mol. The van der Waals surface area contributed by atoms with Crippen molar-refractivity contribution in [1.29, 1.82) is 0 Å². The van der Waals surface area contributed by atoms with Gasteiger partial charge in [0.2, 0.25) is 0 Å². The van der Waals surface area contributed by atoms with Crippen LogP contribution < -0.4 is 0 Å².